The van der Waals surface area contributed by atoms with Gasteiger partial charge in [0.2, 0.25) is 0 Å². The Hall–Kier alpha value is -3.84. The Balaban J connectivity index is -0.000000100. The Kier molecular flexibility index (Phi) is 33.8. The summed E-state index contributed by atoms with van der Waals surface area (Å²) in [6.07, 6.45) is 0. The van der Waals surface area contributed by atoms with Gasteiger partial charge in [0, 0.05) is 15.3 Å². The number of rotatable bonds is 11. The van der Waals surface area contributed by atoms with Crippen LogP contribution in [0.3, 0.4) is 0 Å². The lowest BCUT2D eigenvalue weighted by Gasteiger charge is -2.20. The second-order valence-corrected chi connectivity index (χ2v) is 4.64. The monoisotopic (exact) mass is 505 g/mol. The number of ether oxygens (including phenoxy) is 1. The summed E-state index contributed by atoms with van der Waals surface area (Å²) < 4.78 is 4.63. The van der Waals surface area contributed by atoms with Crippen LogP contribution in [0, 0.1) is 56.0 Å². The van der Waals surface area contributed by atoms with Crippen LogP contribution in [-0.4, -0.2) is 102 Å². The number of nitrogens with zero attached hydrogens (tertiary/aromatic N) is 5. The van der Waals surface area contributed by atoms with Crippen molar-refractivity contribution in [2.75, 3.05) is 46.2 Å². The molecular formula is C9H23N5O19. The third kappa shape index (κ3) is 65.4. The van der Waals surface area contributed by atoms with E-state index in [4.69, 9.17) is 81.3 Å². The van der Waals surface area contributed by atoms with Crippen LogP contribution in [0.5, 0.6) is 0 Å². The molecule has 0 radical (unpaired) electrons. The van der Waals surface area contributed by atoms with Crippen molar-refractivity contribution in [3.05, 3.63) is 50.6 Å². The van der Waals surface area contributed by atoms with Crippen molar-refractivity contribution >= 4 is 0 Å². The molecular weight excluding hydrogens is 482 g/mol. The fourth-order valence-corrected chi connectivity index (χ4v) is 0.490. The molecule has 0 saturated carbocycles. The highest BCUT2D eigenvalue weighted by atomic mass is 17.1. The molecule has 0 amide bonds. The van der Waals surface area contributed by atoms with E-state index in [1.807, 2.05) is 0 Å². The third-order valence-corrected chi connectivity index (χ3v) is 1.88. The zero-order valence-corrected chi connectivity index (χ0v) is 16.7. The van der Waals surface area contributed by atoms with Crippen molar-refractivity contribution in [2.45, 2.75) is 6.92 Å². The maximum absolute atomic E-state index is 8.95. The van der Waals surface area contributed by atoms with Gasteiger partial charge in [-0.15, -0.1) is 50.6 Å². The molecule has 0 atom stereocenters. The topological polar surface area (TPSA) is 365 Å². The normalized spacial score (nSPS) is 8.79. The van der Waals surface area contributed by atoms with E-state index in [1.165, 1.54) is 0 Å². The van der Waals surface area contributed by atoms with E-state index in [1.54, 1.807) is 6.92 Å². The summed E-state index contributed by atoms with van der Waals surface area (Å²) in [4.78, 5) is 49.6. The van der Waals surface area contributed by atoms with Gasteiger partial charge in [0.15, 0.2) is 0 Å². The molecule has 24 nitrogen and oxygen atoms in total. The largest absolute Gasteiger partial charge is 0.396 e. The van der Waals surface area contributed by atoms with E-state index < -0.39 is 30.8 Å². The van der Waals surface area contributed by atoms with Gasteiger partial charge in [0.1, 0.15) is 0 Å². The summed E-state index contributed by atoms with van der Waals surface area (Å²) in [5.41, 5.74) is -0.708. The highest BCUT2D eigenvalue weighted by Gasteiger charge is 2.20. The first kappa shape index (κ1) is 39.6. The number of hydrogen-bond donors (Lipinski definition) is 6. The van der Waals surface area contributed by atoms with Crippen LogP contribution in [0.2, 0.25) is 0 Å². The molecule has 0 aromatic rings. The Bertz CT molecular complexity index is 462. The second kappa shape index (κ2) is 28.2. The molecule has 0 bridgehead atoms. The molecule has 0 saturated heterocycles. The van der Waals surface area contributed by atoms with E-state index >= 15 is 0 Å². The maximum atomic E-state index is 8.95. The molecule has 6 N–H and O–H groups in total. The molecule has 0 spiro atoms. The molecule has 0 aliphatic carbocycles. The van der Waals surface area contributed by atoms with E-state index in [0.29, 0.717) is 13.2 Å². The summed E-state index contributed by atoms with van der Waals surface area (Å²) in [7, 11) is 0. The van der Waals surface area contributed by atoms with Crippen LogP contribution in [0.15, 0.2) is 0 Å². The van der Waals surface area contributed by atoms with Crippen molar-refractivity contribution in [3.63, 3.8) is 0 Å². The van der Waals surface area contributed by atoms with Gasteiger partial charge in [0.25, 0.3) is 5.09 Å². The molecule has 0 aliphatic heterocycles. The lowest BCUT2D eigenvalue weighted by molar-refractivity contribution is -1.03. The minimum Gasteiger partial charge on any atom is -0.396 e. The van der Waals surface area contributed by atoms with Crippen LogP contribution >= 0.6 is 0 Å². The molecule has 198 valence electrons. The van der Waals surface area contributed by atoms with Gasteiger partial charge in [-0.1, -0.05) is 6.92 Å². The zero-order chi connectivity index (χ0) is 27.5. The molecule has 0 rings (SSSR count). The first-order valence-electron chi connectivity index (χ1n) is 7.48. The third-order valence-electron chi connectivity index (χ3n) is 1.88. The SMILES string of the molecule is CC(CO)(CO)CO.O=[N+]([O-])O.O=[N+]([O-])O[N+](=O)[O-].O=[N+]([O-])O[N+](=O)[O-].OCCOCCO. The lowest BCUT2D eigenvalue weighted by atomic mass is 9.95. The van der Waals surface area contributed by atoms with Crippen molar-refractivity contribution in [3.8, 4) is 0 Å². The van der Waals surface area contributed by atoms with Crippen LogP contribution in [0.4, 0.5) is 0 Å². The summed E-state index contributed by atoms with van der Waals surface area (Å²) in [5, 5.41) is 85.0. The van der Waals surface area contributed by atoms with E-state index in [0.717, 1.165) is 0 Å². The van der Waals surface area contributed by atoms with E-state index in [-0.39, 0.29) is 33.0 Å². The average molecular weight is 505 g/mol. The minimum atomic E-state index is -1.50. The number of aliphatic hydroxyl groups is 5. The standard InChI is InChI=1S/C5H12O3.C4H10O3.2N2O5.HNO3/c1-5(2-6,3-7)4-8;5-1-3-7-4-2-6;2*3-1(4)7-2(5)6;2-1(3)4/h6-8H,2-4H2,1H3;5-6H,1-4H2;;;(H,2,3,4). The summed E-state index contributed by atoms with van der Waals surface area (Å²) in [6.45, 7) is 1.76. The summed E-state index contributed by atoms with van der Waals surface area (Å²) in [5.74, 6) is 0. The van der Waals surface area contributed by atoms with Gasteiger partial charge in [-0.3, -0.25) is 0 Å². The number of aliphatic hydroxyl groups excluding tert-OH is 5. The van der Waals surface area contributed by atoms with Crippen LogP contribution in [0.25, 0.3) is 0 Å². The number of hydrogen-bond acceptors (Lipinski definition) is 18. The van der Waals surface area contributed by atoms with Gasteiger partial charge < -0.3 is 35.5 Å². The molecule has 0 aliphatic rings. The van der Waals surface area contributed by atoms with E-state index in [9.17, 15) is 0 Å². The molecule has 0 aromatic heterocycles. The van der Waals surface area contributed by atoms with Gasteiger partial charge in [-0.25, -0.2) is 0 Å². The predicted molar refractivity (Wildman–Crippen MR) is 93.3 cm³/mol. The van der Waals surface area contributed by atoms with Gasteiger partial charge in [0.05, 0.1) is 46.2 Å². The van der Waals surface area contributed by atoms with E-state index in [2.05, 4.69) is 14.6 Å². The van der Waals surface area contributed by atoms with Gasteiger partial charge in [-0.05, 0) is 0 Å². The first-order chi connectivity index (χ1) is 15.1. The quantitative estimate of drug-likeness (QED) is 0.0895. The lowest BCUT2D eigenvalue weighted by Crippen LogP contribution is -2.29. The fraction of sp³-hybridized carbons (Fsp3) is 1.00. The molecule has 24 heteroatoms. The highest BCUT2D eigenvalue weighted by Crippen LogP contribution is 2.10. The van der Waals surface area contributed by atoms with Crippen molar-refractivity contribution in [2.24, 2.45) is 5.41 Å². The molecule has 0 heterocycles. The highest BCUT2D eigenvalue weighted by molar-refractivity contribution is 4.69. The van der Waals surface area contributed by atoms with Crippen molar-refractivity contribution in [1.29, 1.82) is 0 Å². The van der Waals surface area contributed by atoms with Crippen molar-refractivity contribution < 1.29 is 70.8 Å². The molecule has 0 fully saturated rings. The zero-order valence-electron chi connectivity index (χ0n) is 16.7. The minimum absolute atomic E-state index is 0.0278. The fourth-order valence-electron chi connectivity index (χ4n) is 0.490. The Morgan fingerprint density at radius 2 is 0.848 bits per heavy atom. The van der Waals surface area contributed by atoms with Crippen LogP contribution in [0.1, 0.15) is 6.92 Å². The summed E-state index contributed by atoms with van der Waals surface area (Å²) in [6, 6.07) is 0. The maximum Gasteiger partial charge on any atom is 0.356 e. The van der Waals surface area contributed by atoms with Crippen molar-refractivity contribution in [1.82, 2.24) is 0 Å². The summed E-state index contributed by atoms with van der Waals surface area (Å²) >= 11 is 0. The van der Waals surface area contributed by atoms with Gasteiger partial charge in [-0.2, -0.15) is 0 Å². The smallest absolute Gasteiger partial charge is 0.356 e. The Morgan fingerprint density at radius 3 is 0.909 bits per heavy atom. The molecule has 0 unspecified atom stereocenters. The van der Waals surface area contributed by atoms with Crippen LogP contribution in [-0.2, 0) is 14.6 Å². The predicted octanol–water partition coefficient (Wildman–Crippen LogP) is -3.62. The van der Waals surface area contributed by atoms with Gasteiger partial charge >= 0.3 is 20.3 Å². The Morgan fingerprint density at radius 1 is 0.636 bits per heavy atom. The average Bonchev–Trinajstić information content (AvgIpc) is 2.67. The molecule has 0 aromatic carbocycles. The molecule has 33 heavy (non-hydrogen) atoms. The Labute approximate surface area is 181 Å². The first-order valence-corrected chi connectivity index (χ1v) is 7.48. The second-order valence-electron chi connectivity index (χ2n) is 4.64. The van der Waals surface area contributed by atoms with Crippen LogP contribution < -0.4 is 0 Å².